The van der Waals surface area contributed by atoms with E-state index in [1.54, 1.807) is 6.92 Å². The van der Waals surface area contributed by atoms with Gasteiger partial charge in [0.25, 0.3) is 0 Å². The molecule has 2 heteroatoms. The molecule has 4 saturated carbocycles. The van der Waals surface area contributed by atoms with Crippen molar-refractivity contribution >= 4 is 11.6 Å². The number of rotatable bonds is 3. The maximum atomic E-state index is 12.9. The lowest BCUT2D eigenvalue weighted by atomic mass is 9.41. The number of Topliss-reactive ketones (excluding diaryl/α,β-unsaturated/α-hetero) is 2. The Balaban J connectivity index is 1.70. The molecule has 0 aromatic carbocycles. The van der Waals surface area contributed by atoms with Crippen LogP contribution in [0.15, 0.2) is 12.2 Å². The summed E-state index contributed by atoms with van der Waals surface area (Å²) in [5.41, 5.74) is 2.01. The molecule has 4 aliphatic rings. The SMILES string of the molecule is C=C(C)[C@H]1CC[C@H]2[C@@H]3[C@@H](C(C)=O)C[C@@H]4C[C@H](C(C)=O)CC[C@]4(C)[C@H]3CC[C@]12C. The molecule has 2 nitrogen and oxygen atoms in total. The highest BCUT2D eigenvalue weighted by Crippen LogP contribution is 2.69. The Bertz CT molecular complexity index is 693. The highest BCUT2D eigenvalue weighted by molar-refractivity contribution is 5.79. The summed E-state index contributed by atoms with van der Waals surface area (Å²) >= 11 is 0. The molecule has 0 unspecified atom stereocenters. The molecule has 28 heavy (non-hydrogen) atoms. The van der Waals surface area contributed by atoms with E-state index in [4.69, 9.17) is 0 Å². The molecule has 0 aromatic rings. The van der Waals surface area contributed by atoms with Crippen molar-refractivity contribution in [3.05, 3.63) is 12.2 Å². The minimum Gasteiger partial charge on any atom is -0.300 e. The van der Waals surface area contributed by atoms with Crippen LogP contribution in [0.1, 0.15) is 86.0 Å². The molecule has 0 N–H and O–H groups in total. The molecular weight excluding hydrogens is 344 g/mol. The molecule has 0 radical (unpaired) electrons. The lowest BCUT2D eigenvalue weighted by Gasteiger charge is -2.63. The van der Waals surface area contributed by atoms with Gasteiger partial charge < -0.3 is 0 Å². The van der Waals surface area contributed by atoms with E-state index < -0.39 is 0 Å². The molecule has 4 rings (SSSR count). The highest BCUT2D eigenvalue weighted by Gasteiger charge is 2.63. The zero-order valence-corrected chi connectivity index (χ0v) is 18.7. The van der Waals surface area contributed by atoms with Crippen LogP contribution in [0.5, 0.6) is 0 Å². The first kappa shape index (κ1) is 20.4. The molecule has 4 aliphatic carbocycles. The Morgan fingerprint density at radius 1 is 0.821 bits per heavy atom. The van der Waals surface area contributed by atoms with E-state index in [1.807, 2.05) is 6.92 Å². The van der Waals surface area contributed by atoms with Crippen LogP contribution in [0, 0.1) is 52.3 Å². The van der Waals surface area contributed by atoms with Crippen LogP contribution in [-0.2, 0) is 9.59 Å². The minimum absolute atomic E-state index is 0.210. The zero-order chi connectivity index (χ0) is 20.4. The van der Waals surface area contributed by atoms with E-state index in [9.17, 15) is 9.59 Å². The number of ketones is 2. The van der Waals surface area contributed by atoms with Crippen LogP contribution < -0.4 is 0 Å². The fourth-order valence-corrected chi connectivity index (χ4v) is 8.88. The lowest BCUT2D eigenvalue weighted by Crippen LogP contribution is -2.57. The molecule has 0 bridgehead atoms. The van der Waals surface area contributed by atoms with Gasteiger partial charge in [0, 0.05) is 11.8 Å². The second kappa shape index (κ2) is 6.81. The summed E-state index contributed by atoms with van der Waals surface area (Å²) in [5, 5.41) is 0. The third-order valence-corrected chi connectivity index (χ3v) is 10.4. The summed E-state index contributed by atoms with van der Waals surface area (Å²) in [6.07, 6.45) is 9.39. The van der Waals surface area contributed by atoms with Crippen molar-refractivity contribution in [1.29, 1.82) is 0 Å². The van der Waals surface area contributed by atoms with Crippen molar-refractivity contribution in [3.8, 4) is 0 Å². The van der Waals surface area contributed by atoms with Gasteiger partial charge >= 0.3 is 0 Å². The molecule has 156 valence electrons. The normalized spacial score (nSPS) is 50.2. The number of allylic oxidation sites excluding steroid dienone is 1. The molecule has 9 atom stereocenters. The number of hydrogen-bond acceptors (Lipinski definition) is 2. The maximum absolute atomic E-state index is 12.9. The molecule has 0 aromatic heterocycles. The molecule has 4 fully saturated rings. The van der Waals surface area contributed by atoms with Gasteiger partial charge in [0.05, 0.1) is 0 Å². The first-order chi connectivity index (χ1) is 13.1. The predicted molar refractivity (Wildman–Crippen MR) is 114 cm³/mol. The largest absolute Gasteiger partial charge is 0.300 e. The standard InChI is InChI=1S/C26H40O2/c1-15(2)21-7-8-22-24-20(17(4)28)14-19-13-18(16(3)27)9-11-25(19,5)23(24)10-12-26(21,22)6/h18-24H,1,7-14H2,2-6H3/t18-,19+,20-,21-,22+,23+,24+,25+,26-/m1/s1. The summed E-state index contributed by atoms with van der Waals surface area (Å²) in [6, 6.07) is 0. The lowest BCUT2D eigenvalue weighted by molar-refractivity contribution is -0.159. The van der Waals surface area contributed by atoms with E-state index in [2.05, 4.69) is 27.4 Å². The van der Waals surface area contributed by atoms with Crippen LogP contribution in [0.2, 0.25) is 0 Å². The summed E-state index contributed by atoms with van der Waals surface area (Å²) in [6.45, 7) is 15.2. The average Bonchev–Trinajstić information content (AvgIpc) is 2.97. The zero-order valence-electron chi connectivity index (χ0n) is 18.7. The van der Waals surface area contributed by atoms with Gasteiger partial charge in [0.1, 0.15) is 11.6 Å². The molecule has 0 amide bonds. The number of carbonyl (C=O) groups is 2. The Labute approximate surface area is 171 Å². The molecule has 0 saturated heterocycles. The predicted octanol–water partition coefficient (Wildman–Crippen LogP) is 6.24. The van der Waals surface area contributed by atoms with Crippen molar-refractivity contribution in [2.24, 2.45) is 52.3 Å². The van der Waals surface area contributed by atoms with E-state index in [0.29, 0.717) is 52.0 Å². The van der Waals surface area contributed by atoms with E-state index >= 15 is 0 Å². The number of hydrogen-bond donors (Lipinski definition) is 0. The van der Waals surface area contributed by atoms with Gasteiger partial charge in [-0.2, -0.15) is 0 Å². The van der Waals surface area contributed by atoms with Crippen LogP contribution in [-0.4, -0.2) is 11.6 Å². The Kier molecular flexibility index (Phi) is 4.95. The van der Waals surface area contributed by atoms with Gasteiger partial charge in [-0.3, -0.25) is 9.59 Å². The third-order valence-electron chi connectivity index (χ3n) is 10.4. The Hall–Kier alpha value is -0.920. The van der Waals surface area contributed by atoms with Gasteiger partial charge in [0.2, 0.25) is 0 Å². The quantitative estimate of drug-likeness (QED) is 0.540. The van der Waals surface area contributed by atoms with E-state index in [1.165, 1.54) is 37.7 Å². The second-order valence-electron chi connectivity index (χ2n) is 11.5. The molecular formula is C26H40O2. The van der Waals surface area contributed by atoms with E-state index in [-0.39, 0.29) is 11.8 Å². The topological polar surface area (TPSA) is 34.1 Å². The fourth-order valence-electron chi connectivity index (χ4n) is 8.88. The molecule has 0 aliphatic heterocycles. The highest BCUT2D eigenvalue weighted by atomic mass is 16.1. The molecule has 0 spiro atoms. The van der Waals surface area contributed by atoms with Crippen molar-refractivity contribution in [3.63, 3.8) is 0 Å². The Morgan fingerprint density at radius 2 is 1.46 bits per heavy atom. The number of carbonyl (C=O) groups excluding carboxylic acids is 2. The van der Waals surface area contributed by atoms with E-state index in [0.717, 1.165) is 19.3 Å². The summed E-state index contributed by atoms with van der Waals surface area (Å²) < 4.78 is 0. The minimum atomic E-state index is 0.210. The van der Waals surface area contributed by atoms with Gasteiger partial charge in [-0.05, 0) is 113 Å². The summed E-state index contributed by atoms with van der Waals surface area (Å²) in [4.78, 5) is 25.0. The van der Waals surface area contributed by atoms with Crippen molar-refractivity contribution in [2.75, 3.05) is 0 Å². The number of fused-ring (bicyclic) bond motifs is 5. The maximum Gasteiger partial charge on any atom is 0.133 e. The van der Waals surface area contributed by atoms with Gasteiger partial charge in [0.15, 0.2) is 0 Å². The van der Waals surface area contributed by atoms with Gasteiger partial charge in [-0.25, -0.2) is 0 Å². The second-order valence-corrected chi connectivity index (χ2v) is 11.5. The Morgan fingerprint density at radius 3 is 2.07 bits per heavy atom. The third kappa shape index (κ3) is 2.80. The fraction of sp³-hybridized carbons (Fsp3) is 0.846. The molecule has 0 heterocycles. The van der Waals surface area contributed by atoms with Crippen LogP contribution in [0.4, 0.5) is 0 Å². The van der Waals surface area contributed by atoms with Crippen LogP contribution >= 0.6 is 0 Å². The summed E-state index contributed by atoms with van der Waals surface area (Å²) in [7, 11) is 0. The monoisotopic (exact) mass is 384 g/mol. The van der Waals surface area contributed by atoms with Gasteiger partial charge in [-0.15, -0.1) is 0 Å². The van der Waals surface area contributed by atoms with Gasteiger partial charge in [-0.1, -0.05) is 26.0 Å². The van der Waals surface area contributed by atoms with Crippen molar-refractivity contribution in [2.45, 2.75) is 86.0 Å². The first-order valence-corrected chi connectivity index (χ1v) is 11.8. The van der Waals surface area contributed by atoms with Crippen LogP contribution in [0.25, 0.3) is 0 Å². The van der Waals surface area contributed by atoms with Crippen molar-refractivity contribution < 1.29 is 9.59 Å². The first-order valence-electron chi connectivity index (χ1n) is 11.8. The smallest absolute Gasteiger partial charge is 0.133 e. The average molecular weight is 385 g/mol. The van der Waals surface area contributed by atoms with Crippen LogP contribution in [0.3, 0.4) is 0 Å². The van der Waals surface area contributed by atoms with Crippen molar-refractivity contribution in [1.82, 2.24) is 0 Å². The summed E-state index contributed by atoms with van der Waals surface area (Å²) in [5.74, 6) is 4.27.